The highest BCUT2D eigenvalue weighted by atomic mass is 16.6. The summed E-state index contributed by atoms with van der Waals surface area (Å²) in [6.45, 7) is 12.1. The molecule has 0 bridgehead atoms. The van der Waals surface area contributed by atoms with Gasteiger partial charge in [0.2, 0.25) is 0 Å². The largest absolute Gasteiger partial charge is 0.463 e. The Morgan fingerprint density at radius 3 is 2.55 bits per heavy atom. The van der Waals surface area contributed by atoms with Crippen molar-refractivity contribution in [3.63, 3.8) is 0 Å². The highest BCUT2D eigenvalue weighted by Gasteiger charge is 2.45. The lowest BCUT2D eigenvalue weighted by Gasteiger charge is -2.45. The van der Waals surface area contributed by atoms with Gasteiger partial charge in [-0.15, -0.1) is 0 Å². The molecular formula is C16H31NO3. The molecule has 20 heavy (non-hydrogen) atoms. The molecule has 0 heterocycles. The van der Waals surface area contributed by atoms with Crippen molar-refractivity contribution < 1.29 is 14.3 Å². The molecule has 118 valence electrons. The summed E-state index contributed by atoms with van der Waals surface area (Å²) < 4.78 is 10.8. The quantitative estimate of drug-likeness (QED) is 0.602. The lowest BCUT2D eigenvalue weighted by molar-refractivity contribution is -0.158. The number of carbonyl (C=O) groups excluding carboxylic acids is 1. The van der Waals surface area contributed by atoms with Crippen molar-refractivity contribution in [1.82, 2.24) is 0 Å². The molecule has 0 radical (unpaired) electrons. The molecule has 0 aromatic carbocycles. The second kappa shape index (κ2) is 7.41. The predicted molar refractivity (Wildman–Crippen MR) is 80.3 cm³/mol. The molecule has 0 saturated heterocycles. The van der Waals surface area contributed by atoms with Gasteiger partial charge in [-0.25, -0.2) is 0 Å². The van der Waals surface area contributed by atoms with Crippen molar-refractivity contribution in [2.24, 2.45) is 28.9 Å². The van der Waals surface area contributed by atoms with Crippen LogP contribution in [0, 0.1) is 23.2 Å². The molecule has 0 amide bonds. The molecule has 1 aliphatic carbocycles. The zero-order valence-electron chi connectivity index (χ0n) is 13.6. The van der Waals surface area contributed by atoms with Gasteiger partial charge in [0.1, 0.15) is 6.61 Å². The van der Waals surface area contributed by atoms with Crippen molar-refractivity contribution in [1.29, 1.82) is 0 Å². The van der Waals surface area contributed by atoms with Gasteiger partial charge in [-0.1, -0.05) is 34.6 Å². The van der Waals surface area contributed by atoms with E-state index in [9.17, 15) is 4.79 Å². The van der Waals surface area contributed by atoms with E-state index in [1.54, 1.807) is 0 Å². The molecule has 4 nitrogen and oxygen atoms in total. The van der Waals surface area contributed by atoms with E-state index in [-0.39, 0.29) is 23.3 Å². The Kier molecular flexibility index (Phi) is 6.46. The van der Waals surface area contributed by atoms with Gasteiger partial charge in [0, 0.05) is 12.6 Å². The van der Waals surface area contributed by atoms with Crippen LogP contribution >= 0.6 is 0 Å². The van der Waals surface area contributed by atoms with Crippen LogP contribution in [-0.4, -0.2) is 31.8 Å². The molecule has 2 N–H and O–H groups in total. The summed E-state index contributed by atoms with van der Waals surface area (Å²) in [4.78, 5) is 12.2. The first-order valence-corrected chi connectivity index (χ1v) is 7.76. The second-order valence-electron chi connectivity index (χ2n) is 7.04. The van der Waals surface area contributed by atoms with Gasteiger partial charge in [-0.2, -0.15) is 0 Å². The number of hydrogen-bond donors (Lipinski definition) is 1. The third kappa shape index (κ3) is 4.45. The third-order valence-corrected chi connectivity index (χ3v) is 4.71. The normalized spacial score (nSPS) is 29.4. The van der Waals surface area contributed by atoms with Gasteiger partial charge in [-0.05, 0) is 30.1 Å². The Morgan fingerprint density at radius 2 is 1.95 bits per heavy atom. The van der Waals surface area contributed by atoms with Gasteiger partial charge in [0.15, 0.2) is 0 Å². The summed E-state index contributed by atoms with van der Waals surface area (Å²) in [5.74, 6) is 0.681. The smallest absolute Gasteiger partial charge is 0.309 e. The predicted octanol–water partition coefficient (Wildman–Crippen LogP) is 2.60. The summed E-state index contributed by atoms with van der Waals surface area (Å²) in [5, 5.41) is 0. The van der Waals surface area contributed by atoms with E-state index in [4.69, 9.17) is 15.2 Å². The van der Waals surface area contributed by atoms with Gasteiger partial charge in [0.05, 0.1) is 12.5 Å². The first kappa shape index (κ1) is 17.4. The molecule has 1 aliphatic rings. The maximum absolute atomic E-state index is 12.2. The Bertz CT molecular complexity index is 315. The number of ether oxygens (including phenoxy) is 2. The summed E-state index contributed by atoms with van der Waals surface area (Å²) in [5.41, 5.74) is 6.01. The van der Waals surface area contributed by atoms with Crippen molar-refractivity contribution in [2.45, 2.75) is 53.5 Å². The van der Waals surface area contributed by atoms with E-state index < -0.39 is 0 Å². The van der Waals surface area contributed by atoms with E-state index >= 15 is 0 Å². The monoisotopic (exact) mass is 285 g/mol. The Morgan fingerprint density at radius 1 is 1.30 bits per heavy atom. The van der Waals surface area contributed by atoms with Crippen LogP contribution in [0.4, 0.5) is 0 Å². The second-order valence-corrected chi connectivity index (χ2v) is 7.04. The fourth-order valence-corrected chi connectivity index (χ4v) is 2.89. The average Bonchev–Trinajstić information content (AvgIpc) is 2.35. The summed E-state index contributed by atoms with van der Waals surface area (Å²) in [7, 11) is 0. The molecule has 0 aromatic rings. The zero-order chi connectivity index (χ0) is 15.3. The molecule has 0 spiro atoms. The number of esters is 1. The summed E-state index contributed by atoms with van der Waals surface area (Å²) in [6.07, 6.45) is 1.72. The third-order valence-electron chi connectivity index (χ3n) is 4.71. The van der Waals surface area contributed by atoms with E-state index in [0.717, 1.165) is 12.8 Å². The minimum atomic E-state index is -0.104. The molecule has 1 saturated carbocycles. The lowest BCUT2D eigenvalue weighted by Crippen LogP contribution is -2.49. The zero-order valence-corrected chi connectivity index (χ0v) is 13.6. The van der Waals surface area contributed by atoms with Crippen LogP contribution in [-0.2, 0) is 14.3 Å². The molecule has 0 aliphatic heterocycles. The first-order valence-electron chi connectivity index (χ1n) is 7.76. The lowest BCUT2D eigenvalue weighted by atomic mass is 9.61. The minimum absolute atomic E-state index is 0.0533. The van der Waals surface area contributed by atoms with E-state index in [2.05, 4.69) is 34.6 Å². The molecule has 4 heteroatoms. The average molecular weight is 285 g/mol. The van der Waals surface area contributed by atoms with Crippen molar-refractivity contribution >= 4 is 5.97 Å². The Balaban J connectivity index is 2.39. The van der Waals surface area contributed by atoms with Gasteiger partial charge < -0.3 is 15.2 Å². The highest BCUT2D eigenvalue weighted by molar-refractivity contribution is 5.73. The van der Waals surface area contributed by atoms with Gasteiger partial charge >= 0.3 is 5.97 Å². The molecular weight excluding hydrogens is 254 g/mol. The van der Waals surface area contributed by atoms with Crippen LogP contribution in [0.25, 0.3) is 0 Å². The first-order chi connectivity index (χ1) is 9.26. The van der Waals surface area contributed by atoms with Crippen molar-refractivity contribution in [3.8, 4) is 0 Å². The SMILES string of the molecule is CC(C)COCCOC(=O)C1CCC(N)C(C)C1(C)C. The minimum Gasteiger partial charge on any atom is -0.463 e. The van der Waals surface area contributed by atoms with Crippen LogP contribution in [0.2, 0.25) is 0 Å². The van der Waals surface area contributed by atoms with E-state index in [1.165, 1.54) is 0 Å². The van der Waals surface area contributed by atoms with Crippen LogP contribution in [0.15, 0.2) is 0 Å². The number of nitrogens with two attached hydrogens (primary N) is 1. The van der Waals surface area contributed by atoms with Crippen LogP contribution < -0.4 is 5.73 Å². The molecule has 3 unspecified atom stereocenters. The Labute approximate surface area is 123 Å². The maximum Gasteiger partial charge on any atom is 0.309 e. The molecule has 1 fully saturated rings. The fraction of sp³-hybridized carbons (Fsp3) is 0.938. The van der Waals surface area contributed by atoms with Gasteiger partial charge in [-0.3, -0.25) is 4.79 Å². The summed E-state index contributed by atoms with van der Waals surface area (Å²) >= 11 is 0. The Hall–Kier alpha value is -0.610. The van der Waals surface area contributed by atoms with Crippen LogP contribution in [0.1, 0.15) is 47.5 Å². The topological polar surface area (TPSA) is 61.5 Å². The molecule has 1 rings (SSSR count). The van der Waals surface area contributed by atoms with Crippen LogP contribution in [0.5, 0.6) is 0 Å². The van der Waals surface area contributed by atoms with Gasteiger partial charge in [0.25, 0.3) is 0 Å². The van der Waals surface area contributed by atoms with E-state index in [1.807, 2.05) is 0 Å². The van der Waals surface area contributed by atoms with Crippen molar-refractivity contribution in [2.75, 3.05) is 19.8 Å². The number of hydrogen-bond acceptors (Lipinski definition) is 4. The molecule has 0 aromatic heterocycles. The highest BCUT2D eigenvalue weighted by Crippen LogP contribution is 2.44. The summed E-state index contributed by atoms with van der Waals surface area (Å²) in [6, 6.07) is 0.184. The maximum atomic E-state index is 12.2. The number of rotatable bonds is 6. The fourth-order valence-electron chi connectivity index (χ4n) is 2.89. The van der Waals surface area contributed by atoms with E-state index in [0.29, 0.717) is 31.7 Å². The number of carbonyl (C=O) groups is 1. The standard InChI is InChI=1S/C16H31NO3/c1-11(2)10-19-8-9-20-15(18)13-6-7-14(17)12(3)16(13,4)5/h11-14H,6-10,17H2,1-5H3. The molecule has 3 atom stereocenters. The van der Waals surface area contributed by atoms with Crippen LogP contribution in [0.3, 0.4) is 0 Å². The van der Waals surface area contributed by atoms with Crippen molar-refractivity contribution in [3.05, 3.63) is 0 Å².